The molecule has 2 N–H and O–H groups in total. The van der Waals surface area contributed by atoms with Crippen LogP contribution in [-0.4, -0.2) is 28.3 Å². The summed E-state index contributed by atoms with van der Waals surface area (Å²) in [6.07, 6.45) is 3.81. The summed E-state index contributed by atoms with van der Waals surface area (Å²) >= 11 is 5.90. The minimum absolute atomic E-state index is 0.342. The van der Waals surface area contributed by atoms with Gasteiger partial charge in [-0.3, -0.25) is 0 Å². The number of aromatic nitrogens is 2. The normalized spacial score (nSPS) is 11.8. The summed E-state index contributed by atoms with van der Waals surface area (Å²) in [5.74, 6) is 0.816. The van der Waals surface area contributed by atoms with Crippen LogP contribution in [0.25, 0.3) is 5.69 Å². The molecule has 2 rings (SSSR count). The van der Waals surface area contributed by atoms with Crippen LogP contribution in [0.5, 0.6) is 0 Å². The van der Waals surface area contributed by atoms with E-state index >= 15 is 0 Å². The molecular formula is C16H22ClN5. The Morgan fingerprint density at radius 2 is 2.05 bits per heavy atom. The molecule has 22 heavy (non-hydrogen) atoms. The lowest BCUT2D eigenvalue weighted by Crippen LogP contribution is -2.40. The smallest absolute Gasteiger partial charge is 0.191 e. The van der Waals surface area contributed by atoms with Gasteiger partial charge in [-0.25, -0.2) is 9.67 Å². The lowest BCUT2D eigenvalue weighted by atomic mass is 10.3. The number of rotatable bonds is 5. The topological polar surface area (TPSA) is 54.2 Å². The van der Waals surface area contributed by atoms with Crippen molar-refractivity contribution in [1.29, 1.82) is 0 Å². The Hall–Kier alpha value is -2.01. The molecule has 0 spiro atoms. The van der Waals surface area contributed by atoms with Crippen molar-refractivity contribution in [2.24, 2.45) is 4.99 Å². The van der Waals surface area contributed by atoms with Gasteiger partial charge in [-0.1, -0.05) is 11.6 Å². The molecule has 2 aromatic rings. The summed E-state index contributed by atoms with van der Waals surface area (Å²) in [4.78, 5) is 4.56. The maximum absolute atomic E-state index is 5.90. The van der Waals surface area contributed by atoms with E-state index < -0.39 is 0 Å². The van der Waals surface area contributed by atoms with Crippen molar-refractivity contribution in [3.05, 3.63) is 47.2 Å². The molecule has 0 fully saturated rings. The molecule has 0 atom stereocenters. The summed E-state index contributed by atoms with van der Waals surface area (Å²) in [7, 11) is 0. The fourth-order valence-electron chi connectivity index (χ4n) is 1.94. The summed E-state index contributed by atoms with van der Waals surface area (Å²) in [5.41, 5.74) is 2.03. The Kier molecular flexibility index (Phi) is 5.83. The summed E-state index contributed by atoms with van der Waals surface area (Å²) in [6, 6.07) is 7.92. The quantitative estimate of drug-likeness (QED) is 0.658. The molecule has 5 nitrogen and oxygen atoms in total. The molecule has 118 valence electrons. The van der Waals surface area contributed by atoms with Gasteiger partial charge in [0, 0.05) is 29.4 Å². The van der Waals surface area contributed by atoms with Gasteiger partial charge in [0.2, 0.25) is 0 Å². The van der Waals surface area contributed by atoms with Gasteiger partial charge < -0.3 is 10.6 Å². The van der Waals surface area contributed by atoms with Gasteiger partial charge in [0.1, 0.15) is 0 Å². The highest BCUT2D eigenvalue weighted by molar-refractivity contribution is 6.30. The zero-order chi connectivity index (χ0) is 15.9. The minimum atomic E-state index is 0.342. The number of benzene rings is 1. The third-order valence-corrected chi connectivity index (χ3v) is 3.17. The summed E-state index contributed by atoms with van der Waals surface area (Å²) in [5, 5.41) is 11.6. The highest BCUT2D eigenvalue weighted by Gasteiger charge is 2.03. The second-order valence-electron chi connectivity index (χ2n) is 5.26. The van der Waals surface area contributed by atoms with Gasteiger partial charge in [0.25, 0.3) is 0 Å². The lowest BCUT2D eigenvalue weighted by molar-refractivity contribution is 0.700. The van der Waals surface area contributed by atoms with E-state index in [1.165, 1.54) is 0 Å². The molecule has 0 aliphatic carbocycles. The Bertz CT molecular complexity index is 616. The number of guanidine groups is 1. The minimum Gasteiger partial charge on any atom is -0.357 e. The maximum atomic E-state index is 5.90. The predicted octanol–water partition coefficient (Wildman–Crippen LogP) is 2.99. The maximum Gasteiger partial charge on any atom is 0.191 e. The number of nitrogens with zero attached hydrogens (tertiary/aromatic N) is 3. The Balaban J connectivity index is 2.06. The third-order valence-electron chi connectivity index (χ3n) is 2.92. The first kappa shape index (κ1) is 16.4. The molecule has 0 unspecified atom stereocenters. The zero-order valence-electron chi connectivity index (χ0n) is 13.2. The fraction of sp³-hybridized carbons (Fsp3) is 0.375. The van der Waals surface area contributed by atoms with Crippen molar-refractivity contribution in [3.8, 4) is 5.69 Å². The fourth-order valence-corrected chi connectivity index (χ4v) is 2.07. The van der Waals surface area contributed by atoms with Crippen LogP contribution in [0.1, 0.15) is 26.3 Å². The number of halogens is 1. The molecule has 1 heterocycles. The highest BCUT2D eigenvalue weighted by atomic mass is 35.5. The molecule has 0 saturated carbocycles. The standard InChI is InChI=1S/C16H22ClN5/c1-4-18-16(21-12(2)3)19-9-13-10-20-22(11-13)15-7-5-14(17)6-8-15/h5-8,10-12H,4,9H2,1-3H3,(H2,18,19,21). The molecule has 0 saturated heterocycles. The zero-order valence-corrected chi connectivity index (χ0v) is 13.9. The molecule has 0 amide bonds. The van der Waals surface area contributed by atoms with E-state index in [9.17, 15) is 0 Å². The number of hydrogen-bond acceptors (Lipinski definition) is 2. The van der Waals surface area contributed by atoms with Crippen molar-refractivity contribution in [1.82, 2.24) is 20.4 Å². The number of aliphatic imine (C=N–C) groups is 1. The average Bonchev–Trinajstić information content (AvgIpc) is 2.94. The lowest BCUT2D eigenvalue weighted by Gasteiger charge is -2.13. The summed E-state index contributed by atoms with van der Waals surface area (Å²) < 4.78 is 1.82. The van der Waals surface area contributed by atoms with Crippen molar-refractivity contribution < 1.29 is 0 Å². The van der Waals surface area contributed by atoms with Gasteiger partial charge in [0.15, 0.2) is 5.96 Å². The van der Waals surface area contributed by atoms with Gasteiger partial charge >= 0.3 is 0 Å². The second-order valence-corrected chi connectivity index (χ2v) is 5.70. The molecule has 0 aliphatic heterocycles. The van der Waals surface area contributed by atoms with Gasteiger partial charge in [0.05, 0.1) is 18.4 Å². The van der Waals surface area contributed by atoms with Crippen LogP contribution in [0.3, 0.4) is 0 Å². The second kappa shape index (κ2) is 7.84. The van der Waals surface area contributed by atoms with E-state index in [1.807, 2.05) is 41.3 Å². The van der Waals surface area contributed by atoms with Crippen molar-refractivity contribution in [2.75, 3.05) is 6.54 Å². The van der Waals surface area contributed by atoms with E-state index in [1.54, 1.807) is 0 Å². The molecule has 0 bridgehead atoms. The van der Waals surface area contributed by atoms with E-state index in [0.29, 0.717) is 12.6 Å². The van der Waals surface area contributed by atoms with E-state index in [4.69, 9.17) is 11.6 Å². The van der Waals surface area contributed by atoms with Crippen LogP contribution < -0.4 is 10.6 Å². The van der Waals surface area contributed by atoms with Crippen molar-refractivity contribution >= 4 is 17.6 Å². The SMILES string of the molecule is CCNC(=NCc1cnn(-c2ccc(Cl)cc2)c1)NC(C)C. The van der Waals surface area contributed by atoms with Crippen LogP contribution in [-0.2, 0) is 6.54 Å². The first-order chi connectivity index (χ1) is 10.6. The Morgan fingerprint density at radius 3 is 2.68 bits per heavy atom. The van der Waals surface area contributed by atoms with Crippen LogP contribution in [0, 0.1) is 0 Å². The number of hydrogen-bond donors (Lipinski definition) is 2. The first-order valence-corrected chi connectivity index (χ1v) is 7.80. The molecule has 1 aromatic carbocycles. The van der Waals surface area contributed by atoms with Gasteiger partial charge in [-0.05, 0) is 45.0 Å². The van der Waals surface area contributed by atoms with Gasteiger partial charge in [-0.2, -0.15) is 5.10 Å². The first-order valence-electron chi connectivity index (χ1n) is 7.43. The van der Waals surface area contributed by atoms with Crippen LogP contribution in [0.2, 0.25) is 5.02 Å². The van der Waals surface area contributed by atoms with Crippen LogP contribution in [0.4, 0.5) is 0 Å². The highest BCUT2D eigenvalue weighted by Crippen LogP contribution is 2.13. The van der Waals surface area contributed by atoms with E-state index in [-0.39, 0.29) is 0 Å². The largest absolute Gasteiger partial charge is 0.357 e. The molecule has 6 heteroatoms. The number of nitrogens with one attached hydrogen (secondary N) is 2. The predicted molar refractivity (Wildman–Crippen MR) is 91.7 cm³/mol. The average molecular weight is 320 g/mol. The summed E-state index contributed by atoms with van der Waals surface area (Å²) in [6.45, 7) is 7.64. The molecular weight excluding hydrogens is 298 g/mol. The molecule has 1 aromatic heterocycles. The molecule has 0 aliphatic rings. The van der Waals surface area contributed by atoms with Crippen LogP contribution in [0.15, 0.2) is 41.7 Å². The third kappa shape index (κ3) is 4.77. The van der Waals surface area contributed by atoms with Crippen molar-refractivity contribution in [3.63, 3.8) is 0 Å². The van der Waals surface area contributed by atoms with E-state index in [0.717, 1.165) is 28.8 Å². The Morgan fingerprint density at radius 1 is 1.32 bits per heavy atom. The van der Waals surface area contributed by atoms with Gasteiger partial charge in [-0.15, -0.1) is 0 Å². The van der Waals surface area contributed by atoms with E-state index in [2.05, 4.69) is 41.5 Å². The monoisotopic (exact) mass is 319 g/mol. The van der Waals surface area contributed by atoms with Crippen LogP contribution >= 0.6 is 11.6 Å². The van der Waals surface area contributed by atoms with Crippen molar-refractivity contribution in [2.45, 2.75) is 33.4 Å². The Labute approximate surface area is 136 Å². The molecule has 0 radical (unpaired) electrons.